The number of hydrogen-bond donors (Lipinski definition) is 2. The van der Waals surface area contributed by atoms with E-state index in [4.69, 9.17) is 10.5 Å². The molecule has 0 radical (unpaired) electrons. The summed E-state index contributed by atoms with van der Waals surface area (Å²) in [4.78, 5) is 30.1. The monoisotopic (exact) mass is 337 g/mol. The summed E-state index contributed by atoms with van der Waals surface area (Å²) in [7, 11) is 0. The van der Waals surface area contributed by atoms with Crippen molar-refractivity contribution in [3.8, 4) is 0 Å². The van der Waals surface area contributed by atoms with E-state index in [2.05, 4.69) is 30.7 Å². The minimum atomic E-state index is -0.323. The molecule has 1 aromatic rings. The Labute approximate surface area is 139 Å². The summed E-state index contributed by atoms with van der Waals surface area (Å²) < 4.78 is 5.76. The van der Waals surface area contributed by atoms with Crippen LogP contribution in [0.2, 0.25) is 0 Å². The van der Waals surface area contributed by atoms with Crippen molar-refractivity contribution in [2.75, 3.05) is 11.5 Å². The molecule has 2 aliphatic rings. The standard InChI is InChI=1S/C16H23N3O3S/c1-15(2)9-4-5-16(15,3)10(6-9)22-13(21)8-23-14-18-11(17)7-12(20)19-14/h7,9-10H,4-6,8H2,1-3H3,(H3,17,18,19,20)/t9-,10+,16+/m0/s1. The highest BCUT2D eigenvalue weighted by molar-refractivity contribution is 7.99. The van der Waals surface area contributed by atoms with E-state index in [0.717, 1.165) is 24.6 Å². The number of ether oxygens (including phenoxy) is 1. The molecule has 0 saturated heterocycles. The number of carbonyl (C=O) groups excluding carboxylic acids is 1. The lowest BCUT2D eigenvalue weighted by molar-refractivity contribution is -0.153. The van der Waals surface area contributed by atoms with Gasteiger partial charge in [0.25, 0.3) is 5.56 Å². The zero-order chi connectivity index (χ0) is 16.8. The molecule has 3 rings (SSSR count). The highest BCUT2D eigenvalue weighted by Gasteiger charge is 2.62. The number of thioether (sulfide) groups is 1. The summed E-state index contributed by atoms with van der Waals surface area (Å²) in [6, 6.07) is 1.21. The second-order valence-electron chi connectivity index (χ2n) is 7.35. The molecule has 2 saturated carbocycles. The van der Waals surface area contributed by atoms with Gasteiger partial charge in [0.05, 0.1) is 5.75 Å². The van der Waals surface area contributed by atoms with E-state index >= 15 is 0 Å². The molecule has 0 spiro atoms. The third-order valence-electron chi connectivity index (χ3n) is 6.05. The SMILES string of the molecule is CC1(C)[C@H]2CC[C@]1(C)[C@H](OC(=O)CSc1nc(N)cc(=O)[nH]1)C2. The van der Waals surface area contributed by atoms with Crippen molar-refractivity contribution in [2.24, 2.45) is 16.7 Å². The van der Waals surface area contributed by atoms with Crippen molar-refractivity contribution in [3.63, 3.8) is 0 Å². The van der Waals surface area contributed by atoms with Crippen LogP contribution in [0.1, 0.15) is 40.0 Å². The fraction of sp³-hybridized carbons (Fsp3) is 0.688. The molecule has 2 fully saturated rings. The fourth-order valence-corrected chi connectivity index (χ4v) is 4.82. The Bertz CT molecular complexity index is 687. The van der Waals surface area contributed by atoms with Crippen molar-refractivity contribution in [2.45, 2.75) is 51.3 Å². The molecule has 0 unspecified atom stereocenters. The van der Waals surface area contributed by atoms with Crippen LogP contribution in [-0.2, 0) is 9.53 Å². The molecule has 6 nitrogen and oxygen atoms in total. The molecule has 0 amide bonds. The van der Waals surface area contributed by atoms with Gasteiger partial charge in [0, 0.05) is 11.5 Å². The number of hydrogen-bond acceptors (Lipinski definition) is 6. The summed E-state index contributed by atoms with van der Waals surface area (Å²) in [5.41, 5.74) is 5.47. The van der Waals surface area contributed by atoms with Gasteiger partial charge < -0.3 is 15.5 Å². The van der Waals surface area contributed by atoms with Gasteiger partial charge in [-0.15, -0.1) is 0 Å². The maximum absolute atomic E-state index is 12.2. The average molecular weight is 337 g/mol. The van der Waals surface area contributed by atoms with Crippen LogP contribution in [0.5, 0.6) is 0 Å². The van der Waals surface area contributed by atoms with Gasteiger partial charge in [0.15, 0.2) is 5.16 Å². The zero-order valence-corrected chi connectivity index (χ0v) is 14.5. The summed E-state index contributed by atoms with van der Waals surface area (Å²) in [5, 5.41) is 0.339. The molecule has 3 N–H and O–H groups in total. The quantitative estimate of drug-likeness (QED) is 0.496. The van der Waals surface area contributed by atoms with Crippen LogP contribution in [0.3, 0.4) is 0 Å². The van der Waals surface area contributed by atoms with Crippen LogP contribution >= 0.6 is 11.8 Å². The minimum absolute atomic E-state index is 0.0165. The van der Waals surface area contributed by atoms with E-state index in [9.17, 15) is 9.59 Å². The van der Waals surface area contributed by atoms with E-state index in [1.54, 1.807) is 0 Å². The van der Waals surface area contributed by atoms with Crippen LogP contribution < -0.4 is 11.3 Å². The molecule has 2 aliphatic carbocycles. The number of nitrogens with zero attached hydrogens (tertiary/aromatic N) is 1. The van der Waals surface area contributed by atoms with Gasteiger partial charge in [-0.25, -0.2) is 4.98 Å². The first-order valence-corrected chi connectivity index (χ1v) is 8.90. The number of esters is 1. The van der Waals surface area contributed by atoms with Crippen molar-refractivity contribution in [1.82, 2.24) is 9.97 Å². The number of nitrogens with two attached hydrogens (primary N) is 1. The number of carbonyl (C=O) groups is 1. The minimum Gasteiger partial charge on any atom is -0.461 e. The maximum Gasteiger partial charge on any atom is 0.316 e. The van der Waals surface area contributed by atoms with E-state index in [-0.39, 0.29) is 40.0 Å². The smallest absolute Gasteiger partial charge is 0.316 e. The molecule has 2 bridgehead atoms. The van der Waals surface area contributed by atoms with Gasteiger partial charge in [0.2, 0.25) is 0 Å². The highest BCUT2D eigenvalue weighted by atomic mass is 32.2. The van der Waals surface area contributed by atoms with Crippen molar-refractivity contribution < 1.29 is 9.53 Å². The van der Waals surface area contributed by atoms with E-state index in [1.807, 2.05) is 0 Å². The third-order valence-corrected chi connectivity index (χ3v) is 6.90. The largest absolute Gasteiger partial charge is 0.461 e. The van der Waals surface area contributed by atoms with Crippen LogP contribution in [0.4, 0.5) is 5.82 Å². The Kier molecular flexibility index (Phi) is 3.94. The molecule has 126 valence electrons. The van der Waals surface area contributed by atoms with E-state index in [0.29, 0.717) is 11.1 Å². The number of fused-ring (bicyclic) bond motifs is 2. The molecule has 1 aromatic heterocycles. The van der Waals surface area contributed by atoms with Crippen LogP contribution in [0, 0.1) is 16.7 Å². The first-order valence-electron chi connectivity index (χ1n) is 7.91. The predicted molar refractivity (Wildman–Crippen MR) is 89.1 cm³/mol. The Hall–Kier alpha value is -1.50. The molecule has 23 heavy (non-hydrogen) atoms. The van der Waals surface area contributed by atoms with Crippen molar-refractivity contribution in [3.05, 3.63) is 16.4 Å². The second kappa shape index (κ2) is 5.54. The summed E-state index contributed by atoms with van der Waals surface area (Å²) in [6.45, 7) is 6.81. The number of nitrogen functional groups attached to an aromatic ring is 1. The molecule has 3 atom stereocenters. The Balaban J connectivity index is 1.59. The number of H-pyrrole nitrogens is 1. The summed E-state index contributed by atoms with van der Waals surface area (Å²) in [6.07, 6.45) is 3.27. The number of nitrogens with one attached hydrogen (secondary N) is 1. The highest BCUT2D eigenvalue weighted by Crippen LogP contribution is 2.66. The lowest BCUT2D eigenvalue weighted by Crippen LogP contribution is -2.38. The van der Waals surface area contributed by atoms with Crippen molar-refractivity contribution >= 4 is 23.5 Å². The lowest BCUT2D eigenvalue weighted by Gasteiger charge is -2.38. The molecule has 7 heteroatoms. The average Bonchev–Trinajstić information content (AvgIpc) is 2.77. The summed E-state index contributed by atoms with van der Waals surface area (Å²) in [5.74, 6) is 0.621. The van der Waals surface area contributed by atoms with Gasteiger partial charge >= 0.3 is 5.97 Å². The molecule has 0 aromatic carbocycles. The Morgan fingerprint density at radius 2 is 2.26 bits per heavy atom. The van der Waals surface area contributed by atoms with E-state index in [1.165, 1.54) is 12.5 Å². The third kappa shape index (κ3) is 2.75. The van der Waals surface area contributed by atoms with E-state index < -0.39 is 0 Å². The Morgan fingerprint density at radius 1 is 1.52 bits per heavy atom. The number of anilines is 1. The number of rotatable bonds is 4. The number of aromatic nitrogens is 2. The van der Waals surface area contributed by atoms with Gasteiger partial charge in [-0.3, -0.25) is 9.59 Å². The maximum atomic E-state index is 12.2. The topological polar surface area (TPSA) is 98.1 Å². The van der Waals surface area contributed by atoms with Gasteiger partial charge in [-0.05, 0) is 30.6 Å². The molecular formula is C16H23N3O3S. The molecule has 1 heterocycles. The van der Waals surface area contributed by atoms with Gasteiger partial charge in [-0.1, -0.05) is 32.5 Å². The van der Waals surface area contributed by atoms with Crippen LogP contribution in [-0.4, -0.2) is 27.8 Å². The van der Waals surface area contributed by atoms with Crippen LogP contribution in [0.25, 0.3) is 0 Å². The van der Waals surface area contributed by atoms with Gasteiger partial charge in [0.1, 0.15) is 11.9 Å². The van der Waals surface area contributed by atoms with Gasteiger partial charge in [-0.2, -0.15) is 0 Å². The summed E-state index contributed by atoms with van der Waals surface area (Å²) >= 11 is 1.14. The van der Waals surface area contributed by atoms with Crippen molar-refractivity contribution in [1.29, 1.82) is 0 Å². The lowest BCUT2D eigenvalue weighted by atomic mass is 9.70. The second-order valence-corrected chi connectivity index (χ2v) is 8.32. The molecular weight excluding hydrogens is 314 g/mol. The normalized spacial score (nSPS) is 31.3. The first kappa shape index (κ1) is 16.4. The molecule has 0 aliphatic heterocycles. The zero-order valence-electron chi connectivity index (χ0n) is 13.7. The fourth-order valence-electron chi connectivity index (χ4n) is 4.15. The van der Waals surface area contributed by atoms with Crippen LogP contribution in [0.15, 0.2) is 16.0 Å². The Morgan fingerprint density at radius 3 is 2.83 bits per heavy atom. The predicted octanol–water partition coefficient (Wildman–Crippen LogP) is 2.20. The first-order chi connectivity index (χ1) is 10.7. The number of aromatic amines is 1.